The van der Waals surface area contributed by atoms with E-state index in [2.05, 4.69) is 10.0 Å². The summed E-state index contributed by atoms with van der Waals surface area (Å²) in [6, 6.07) is 5.37. The van der Waals surface area contributed by atoms with Gasteiger partial charge >= 0.3 is 0 Å². The van der Waals surface area contributed by atoms with E-state index in [0.717, 1.165) is 0 Å². The van der Waals surface area contributed by atoms with Crippen LogP contribution in [-0.2, 0) is 14.8 Å². The van der Waals surface area contributed by atoms with Crippen LogP contribution in [0.1, 0.15) is 23.7 Å². The zero-order valence-corrected chi connectivity index (χ0v) is 11.2. The molecule has 19 heavy (non-hydrogen) atoms. The summed E-state index contributed by atoms with van der Waals surface area (Å²) in [5, 5.41) is 2.55. The van der Waals surface area contributed by atoms with Crippen LogP contribution in [0.2, 0.25) is 0 Å². The van der Waals surface area contributed by atoms with E-state index < -0.39 is 16.1 Å². The monoisotopic (exact) mass is 282 g/mol. The zero-order valence-electron chi connectivity index (χ0n) is 10.3. The van der Waals surface area contributed by atoms with Gasteiger partial charge in [0.2, 0.25) is 15.9 Å². The molecule has 1 atom stereocenters. The number of Topliss-reactive ketones (excluding diaryl/α,β-unsaturated/α-hetero) is 1. The van der Waals surface area contributed by atoms with Crippen molar-refractivity contribution in [3.05, 3.63) is 29.8 Å². The van der Waals surface area contributed by atoms with Gasteiger partial charge in [0.05, 0.1) is 4.90 Å². The van der Waals surface area contributed by atoms with E-state index >= 15 is 0 Å². The van der Waals surface area contributed by atoms with Gasteiger partial charge in [-0.2, -0.15) is 0 Å². The Bertz CT molecular complexity index is 624. The van der Waals surface area contributed by atoms with Crippen molar-refractivity contribution in [1.29, 1.82) is 0 Å². The third-order valence-electron chi connectivity index (χ3n) is 2.85. The largest absolute Gasteiger partial charge is 0.354 e. The fourth-order valence-corrected chi connectivity index (χ4v) is 3.14. The molecule has 2 N–H and O–H groups in total. The molecule has 1 aromatic carbocycles. The number of rotatable bonds is 4. The van der Waals surface area contributed by atoms with Crippen LogP contribution in [0.15, 0.2) is 29.2 Å². The summed E-state index contributed by atoms with van der Waals surface area (Å²) in [6.07, 6.45) is 0.131. The van der Waals surface area contributed by atoms with Crippen molar-refractivity contribution < 1.29 is 18.0 Å². The molecule has 1 fully saturated rings. The molecule has 0 saturated carbocycles. The molecular formula is C12H14N2O4S. The first-order chi connectivity index (χ1) is 8.88. The maximum atomic E-state index is 12.1. The third-order valence-corrected chi connectivity index (χ3v) is 4.37. The molecule has 1 aliphatic rings. The van der Waals surface area contributed by atoms with Gasteiger partial charge in [0.25, 0.3) is 0 Å². The van der Waals surface area contributed by atoms with Crippen LogP contribution >= 0.6 is 0 Å². The van der Waals surface area contributed by atoms with Gasteiger partial charge in [-0.1, -0.05) is 12.1 Å². The van der Waals surface area contributed by atoms with Crippen LogP contribution in [0.4, 0.5) is 0 Å². The Labute approximate surface area is 111 Å². The molecule has 1 aromatic rings. The molecule has 102 valence electrons. The highest BCUT2D eigenvalue weighted by molar-refractivity contribution is 7.89. The average molecular weight is 282 g/mol. The normalized spacial score (nSPS) is 19.2. The number of carbonyl (C=O) groups excluding carboxylic acids is 2. The van der Waals surface area contributed by atoms with E-state index in [1.807, 2.05) is 0 Å². The van der Waals surface area contributed by atoms with Crippen LogP contribution in [0.3, 0.4) is 0 Å². The number of sulfonamides is 1. The summed E-state index contributed by atoms with van der Waals surface area (Å²) in [5.74, 6) is -0.375. The Morgan fingerprint density at radius 1 is 1.42 bits per heavy atom. The van der Waals surface area contributed by atoms with E-state index in [4.69, 9.17) is 0 Å². The number of nitrogens with one attached hydrogen (secondary N) is 2. The summed E-state index contributed by atoms with van der Waals surface area (Å²) < 4.78 is 26.7. The van der Waals surface area contributed by atoms with E-state index in [9.17, 15) is 18.0 Å². The third kappa shape index (κ3) is 3.18. The smallest absolute Gasteiger partial charge is 0.240 e. The van der Waals surface area contributed by atoms with Gasteiger partial charge < -0.3 is 5.32 Å². The first-order valence-electron chi connectivity index (χ1n) is 5.78. The maximum absolute atomic E-state index is 12.1. The van der Waals surface area contributed by atoms with Crippen LogP contribution in [0.5, 0.6) is 0 Å². The van der Waals surface area contributed by atoms with Gasteiger partial charge in [0.1, 0.15) is 0 Å². The topological polar surface area (TPSA) is 92.3 Å². The van der Waals surface area contributed by atoms with Gasteiger partial charge in [-0.05, 0) is 19.1 Å². The maximum Gasteiger partial charge on any atom is 0.240 e. The summed E-state index contributed by atoms with van der Waals surface area (Å²) in [6.45, 7) is 1.66. The molecule has 1 saturated heterocycles. The predicted molar refractivity (Wildman–Crippen MR) is 68.2 cm³/mol. The van der Waals surface area contributed by atoms with Gasteiger partial charge in [-0.25, -0.2) is 13.1 Å². The number of hydrogen-bond acceptors (Lipinski definition) is 4. The molecule has 0 aliphatic carbocycles. The lowest BCUT2D eigenvalue weighted by atomic mass is 10.2. The van der Waals surface area contributed by atoms with E-state index in [0.29, 0.717) is 5.56 Å². The first-order valence-corrected chi connectivity index (χ1v) is 7.27. The summed E-state index contributed by atoms with van der Waals surface area (Å²) in [4.78, 5) is 22.3. The highest BCUT2D eigenvalue weighted by atomic mass is 32.2. The second kappa shape index (κ2) is 5.10. The lowest BCUT2D eigenvalue weighted by Crippen LogP contribution is -2.36. The second-order valence-corrected chi connectivity index (χ2v) is 6.12. The SMILES string of the molecule is CC(=O)c1cccc(S(=O)(=O)NC2CNC(=O)C2)c1. The van der Waals surface area contributed by atoms with Crippen molar-refractivity contribution in [2.45, 2.75) is 24.3 Å². The van der Waals surface area contributed by atoms with Crippen molar-refractivity contribution in [3.63, 3.8) is 0 Å². The van der Waals surface area contributed by atoms with E-state index in [-0.39, 0.29) is 29.6 Å². The minimum absolute atomic E-state index is 0.0274. The van der Waals surface area contributed by atoms with Crippen LogP contribution < -0.4 is 10.0 Å². The Hall–Kier alpha value is -1.73. The molecule has 7 heteroatoms. The molecule has 1 amide bonds. The average Bonchev–Trinajstić information content (AvgIpc) is 2.74. The van der Waals surface area contributed by atoms with Crippen molar-refractivity contribution in [2.24, 2.45) is 0 Å². The highest BCUT2D eigenvalue weighted by Gasteiger charge is 2.27. The van der Waals surface area contributed by atoms with E-state index in [1.54, 1.807) is 6.07 Å². The summed E-state index contributed by atoms with van der Waals surface area (Å²) in [5.41, 5.74) is 0.337. The molecule has 1 unspecified atom stereocenters. The number of carbonyl (C=O) groups is 2. The van der Waals surface area contributed by atoms with Crippen molar-refractivity contribution in [1.82, 2.24) is 10.0 Å². The summed E-state index contributed by atoms with van der Waals surface area (Å²) in [7, 11) is -3.72. The second-order valence-electron chi connectivity index (χ2n) is 4.41. The molecule has 0 bridgehead atoms. The Balaban J connectivity index is 2.22. The number of amides is 1. The Morgan fingerprint density at radius 2 is 2.16 bits per heavy atom. The van der Waals surface area contributed by atoms with Gasteiger partial charge in [-0.3, -0.25) is 9.59 Å². The van der Waals surface area contributed by atoms with Crippen LogP contribution in [-0.4, -0.2) is 32.7 Å². The molecule has 2 rings (SSSR count). The Kier molecular flexibility index (Phi) is 3.68. The van der Waals surface area contributed by atoms with Crippen molar-refractivity contribution in [3.8, 4) is 0 Å². The number of benzene rings is 1. The molecule has 0 spiro atoms. The van der Waals surface area contributed by atoms with Crippen molar-refractivity contribution >= 4 is 21.7 Å². The van der Waals surface area contributed by atoms with Gasteiger partial charge in [-0.15, -0.1) is 0 Å². The molecule has 6 nitrogen and oxygen atoms in total. The summed E-state index contributed by atoms with van der Waals surface area (Å²) >= 11 is 0. The molecule has 0 aromatic heterocycles. The minimum atomic E-state index is -3.72. The zero-order chi connectivity index (χ0) is 14.0. The lowest BCUT2D eigenvalue weighted by Gasteiger charge is -2.11. The molecule has 1 heterocycles. The number of ketones is 1. The van der Waals surface area contributed by atoms with Gasteiger partial charge in [0.15, 0.2) is 5.78 Å². The first kappa shape index (κ1) is 13.7. The molecule has 1 aliphatic heterocycles. The number of hydrogen-bond donors (Lipinski definition) is 2. The predicted octanol–water partition coefficient (Wildman–Crippen LogP) is 0.0560. The Morgan fingerprint density at radius 3 is 2.74 bits per heavy atom. The van der Waals surface area contributed by atoms with Crippen molar-refractivity contribution in [2.75, 3.05) is 6.54 Å². The lowest BCUT2D eigenvalue weighted by molar-refractivity contribution is -0.119. The highest BCUT2D eigenvalue weighted by Crippen LogP contribution is 2.13. The van der Waals surface area contributed by atoms with Crippen LogP contribution in [0.25, 0.3) is 0 Å². The fourth-order valence-electron chi connectivity index (χ4n) is 1.86. The minimum Gasteiger partial charge on any atom is -0.354 e. The van der Waals surface area contributed by atoms with Gasteiger partial charge in [0, 0.05) is 24.6 Å². The van der Waals surface area contributed by atoms with E-state index in [1.165, 1.54) is 25.1 Å². The quantitative estimate of drug-likeness (QED) is 0.764. The molecular weight excluding hydrogens is 268 g/mol. The fraction of sp³-hybridized carbons (Fsp3) is 0.333. The van der Waals surface area contributed by atoms with Crippen LogP contribution in [0, 0.1) is 0 Å². The molecule has 0 radical (unpaired) electrons. The standard InChI is InChI=1S/C12H14N2O4S/c1-8(15)9-3-2-4-11(5-9)19(17,18)14-10-6-12(16)13-7-10/h2-5,10,14H,6-7H2,1H3,(H,13,16).